The highest BCUT2D eigenvalue weighted by Crippen LogP contribution is 2.19. The van der Waals surface area contributed by atoms with Crippen LogP contribution in [0.25, 0.3) is 0 Å². The van der Waals surface area contributed by atoms with Crippen LogP contribution in [-0.2, 0) is 4.43 Å². The van der Waals surface area contributed by atoms with Gasteiger partial charge in [-0.2, -0.15) is 0 Å². The highest BCUT2D eigenvalue weighted by atomic mass is 28.4. The zero-order valence-electron chi connectivity index (χ0n) is 19.2. The summed E-state index contributed by atoms with van der Waals surface area (Å²) in [6.07, 6.45) is 0.128. The third kappa shape index (κ3) is 4.10. The Hall–Kier alpha value is -2.16. The van der Waals surface area contributed by atoms with Crippen LogP contribution in [-0.4, -0.2) is 14.4 Å². The second-order valence-corrected chi connectivity index (χ2v) is 12.0. The Morgan fingerprint density at radius 1 is 0.552 bits per heavy atom. The fraction of sp³-hybridized carbons (Fsp3) is 0.333. The zero-order valence-corrected chi connectivity index (χ0v) is 20.2. The molecule has 0 aliphatic rings. The maximum Gasteiger partial charge on any atom is 0.289 e. The molecule has 0 aliphatic carbocycles. The lowest BCUT2D eigenvalue weighted by molar-refractivity contribution is 0.245. The molecule has 0 bridgehead atoms. The van der Waals surface area contributed by atoms with Crippen LogP contribution in [0.3, 0.4) is 0 Å². The molecule has 0 amide bonds. The summed E-state index contributed by atoms with van der Waals surface area (Å²) in [6.45, 7) is 17.5. The average molecular weight is 403 g/mol. The smallest absolute Gasteiger partial charge is 0.289 e. The van der Waals surface area contributed by atoms with Gasteiger partial charge in [0.15, 0.2) is 0 Å². The topological polar surface area (TPSA) is 9.23 Å². The van der Waals surface area contributed by atoms with Crippen LogP contribution >= 0.6 is 0 Å². The maximum atomic E-state index is 7.10. The molecule has 0 radical (unpaired) electrons. The number of rotatable bonds is 5. The molecule has 0 N–H and O–H groups in total. The molecule has 0 aromatic heterocycles. The van der Waals surface area contributed by atoms with E-state index in [1.54, 1.807) is 0 Å². The van der Waals surface area contributed by atoms with Gasteiger partial charge < -0.3 is 4.43 Å². The average Bonchev–Trinajstić information content (AvgIpc) is 2.60. The molecule has 1 nitrogen and oxygen atoms in total. The van der Waals surface area contributed by atoms with E-state index in [1.807, 2.05) is 0 Å². The van der Waals surface area contributed by atoms with Crippen LogP contribution in [0, 0.1) is 41.5 Å². The van der Waals surface area contributed by atoms with E-state index < -0.39 is 8.32 Å². The molecule has 3 aromatic carbocycles. The molecule has 29 heavy (non-hydrogen) atoms. The van der Waals surface area contributed by atoms with Gasteiger partial charge in [-0.15, -0.1) is 0 Å². The largest absolute Gasteiger partial charge is 0.402 e. The monoisotopic (exact) mass is 402 g/mol. The number of benzene rings is 3. The Morgan fingerprint density at radius 2 is 0.862 bits per heavy atom. The molecule has 0 saturated carbocycles. The highest BCUT2D eigenvalue weighted by molar-refractivity contribution is 7.07. The molecule has 0 atom stereocenters. The van der Waals surface area contributed by atoms with Gasteiger partial charge >= 0.3 is 0 Å². The van der Waals surface area contributed by atoms with Gasteiger partial charge in [0, 0.05) is 6.10 Å². The van der Waals surface area contributed by atoms with Crippen LogP contribution in [0.4, 0.5) is 0 Å². The summed E-state index contributed by atoms with van der Waals surface area (Å²) in [5, 5.41) is 4.07. The number of hydrogen-bond donors (Lipinski definition) is 0. The molecular formula is C27H34OSi. The van der Waals surface area contributed by atoms with E-state index in [-0.39, 0.29) is 6.10 Å². The van der Waals surface area contributed by atoms with E-state index in [0.717, 1.165) is 0 Å². The van der Waals surface area contributed by atoms with Crippen molar-refractivity contribution in [1.29, 1.82) is 0 Å². The molecule has 0 saturated heterocycles. The van der Waals surface area contributed by atoms with Gasteiger partial charge in [0.1, 0.15) is 0 Å². The Kier molecular flexibility index (Phi) is 6.16. The fourth-order valence-electron chi connectivity index (χ4n) is 4.61. The van der Waals surface area contributed by atoms with Crippen LogP contribution in [0.15, 0.2) is 54.6 Å². The van der Waals surface area contributed by atoms with Crippen LogP contribution in [0.5, 0.6) is 0 Å². The predicted molar refractivity (Wildman–Crippen MR) is 129 cm³/mol. The summed E-state index contributed by atoms with van der Waals surface area (Å²) in [7, 11) is -2.69. The van der Waals surface area contributed by atoms with Gasteiger partial charge in [0.25, 0.3) is 8.32 Å². The SMILES string of the molecule is Cc1ccc([Si](OC(C)C)(c2ccc(C)cc2C)c2ccc(C)cc2C)c(C)c1. The van der Waals surface area contributed by atoms with Crippen molar-refractivity contribution in [1.82, 2.24) is 0 Å². The van der Waals surface area contributed by atoms with Crippen molar-refractivity contribution in [3.05, 3.63) is 88.0 Å². The van der Waals surface area contributed by atoms with Crippen molar-refractivity contribution < 1.29 is 4.43 Å². The van der Waals surface area contributed by atoms with Crippen LogP contribution in [0.1, 0.15) is 47.2 Å². The van der Waals surface area contributed by atoms with Gasteiger partial charge in [-0.3, -0.25) is 0 Å². The van der Waals surface area contributed by atoms with Crippen molar-refractivity contribution in [2.45, 2.75) is 61.5 Å². The molecule has 0 fully saturated rings. The third-order valence-electron chi connectivity index (χ3n) is 5.70. The molecule has 0 unspecified atom stereocenters. The van der Waals surface area contributed by atoms with Crippen molar-refractivity contribution in [3.8, 4) is 0 Å². The van der Waals surface area contributed by atoms with E-state index >= 15 is 0 Å². The Morgan fingerprint density at radius 3 is 1.10 bits per heavy atom. The molecule has 3 aromatic rings. The Bertz CT molecular complexity index is 908. The normalized spacial score (nSPS) is 11.9. The van der Waals surface area contributed by atoms with Crippen LogP contribution in [0.2, 0.25) is 0 Å². The first-order valence-corrected chi connectivity index (χ1v) is 12.5. The molecule has 0 aliphatic heterocycles. The summed E-state index contributed by atoms with van der Waals surface area (Å²) in [6, 6.07) is 20.6. The zero-order chi connectivity index (χ0) is 21.3. The summed E-state index contributed by atoms with van der Waals surface area (Å²) < 4.78 is 7.10. The quantitative estimate of drug-likeness (QED) is 0.434. The molecular weight excluding hydrogens is 368 g/mol. The van der Waals surface area contributed by atoms with Crippen molar-refractivity contribution in [3.63, 3.8) is 0 Å². The second-order valence-electron chi connectivity index (χ2n) is 8.80. The van der Waals surface area contributed by atoms with Gasteiger partial charge in [0.2, 0.25) is 0 Å². The number of aryl methyl sites for hydroxylation is 6. The third-order valence-corrected chi connectivity index (χ3v) is 10.5. The summed E-state index contributed by atoms with van der Waals surface area (Å²) in [5.74, 6) is 0. The van der Waals surface area contributed by atoms with Gasteiger partial charge in [0.05, 0.1) is 0 Å². The minimum Gasteiger partial charge on any atom is -0.402 e. The minimum absolute atomic E-state index is 0.128. The van der Waals surface area contributed by atoms with Crippen LogP contribution < -0.4 is 15.6 Å². The molecule has 2 heteroatoms. The lowest BCUT2D eigenvalue weighted by Gasteiger charge is -2.38. The Labute approximate surface area is 177 Å². The fourth-order valence-corrected chi connectivity index (χ4v) is 9.40. The van der Waals surface area contributed by atoms with Crippen molar-refractivity contribution in [2.75, 3.05) is 0 Å². The first kappa shape index (κ1) is 21.5. The van der Waals surface area contributed by atoms with Gasteiger partial charge in [-0.05, 0) is 87.6 Å². The van der Waals surface area contributed by atoms with E-state index in [0.29, 0.717) is 0 Å². The van der Waals surface area contributed by atoms with E-state index in [4.69, 9.17) is 4.43 Å². The van der Waals surface area contributed by atoms with E-state index in [2.05, 4.69) is 110 Å². The summed E-state index contributed by atoms with van der Waals surface area (Å²) >= 11 is 0. The first-order chi connectivity index (χ1) is 13.6. The standard InChI is InChI=1S/C27H34OSi/c1-18(2)28-29(25-12-9-19(3)15-22(25)6,26-13-10-20(4)16-23(26)7)27-14-11-21(5)17-24(27)8/h9-18H,1-8H3. The second kappa shape index (κ2) is 8.29. The van der Waals surface area contributed by atoms with Crippen molar-refractivity contribution >= 4 is 23.9 Å². The van der Waals surface area contributed by atoms with Gasteiger partial charge in [-0.25, -0.2) is 0 Å². The lowest BCUT2D eigenvalue weighted by Crippen LogP contribution is -2.72. The summed E-state index contributed by atoms with van der Waals surface area (Å²) in [4.78, 5) is 0. The number of hydrogen-bond acceptors (Lipinski definition) is 1. The molecule has 3 rings (SSSR count). The molecule has 0 spiro atoms. The summed E-state index contributed by atoms with van der Waals surface area (Å²) in [5.41, 5.74) is 7.83. The molecule has 152 valence electrons. The lowest BCUT2D eigenvalue weighted by atomic mass is 10.1. The highest BCUT2D eigenvalue weighted by Gasteiger charge is 2.45. The van der Waals surface area contributed by atoms with Crippen molar-refractivity contribution in [2.24, 2.45) is 0 Å². The minimum atomic E-state index is -2.69. The van der Waals surface area contributed by atoms with E-state index in [9.17, 15) is 0 Å². The van der Waals surface area contributed by atoms with E-state index in [1.165, 1.54) is 48.9 Å². The van der Waals surface area contributed by atoms with Gasteiger partial charge in [-0.1, -0.05) is 71.3 Å². The maximum absolute atomic E-state index is 7.10. The predicted octanol–water partition coefficient (Wildman–Crippen LogP) is 4.93. The first-order valence-electron chi connectivity index (χ1n) is 10.6. The molecule has 0 heterocycles. The Balaban J connectivity index is 2.48.